The molecule has 1 heterocycles. The molecule has 36 heavy (non-hydrogen) atoms. The van der Waals surface area contributed by atoms with Gasteiger partial charge < -0.3 is 14.8 Å². The number of carbonyl (C=O) groups excluding carboxylic acids is 1. The van der Waals surface area contributed by atoms with Crippen LogP contribution in [0.5, 0.6) is 11.5 Å². The van der Waals surface area contributed by atoms with Crippen LogP contribution in [-0.4, -0.2) is 12.5 Å². The normalized spacial score (nSPS) is 14.7. The summed E-state index contributed by atoms with van der Waals surface area (Å²) in [6.45, 7) is 2.62. The number of hydrogen-bond donors (Lipinski definition) is 1. The van der Waals surface area contributed by atoms with Gasteiger partial charge in [0.15, 0.2) is 11.5 Å². The van der Waals surface area contributed by atoms with Gasteiger partial charge in [-0.15, -0.1) is 0 Å². The Bertz CT molecular complexity index is 1390. The first-order valence-corrected chi connectivity index (χ1v) is 12.0. The lowest BCUT2D eigenvalue weighted by Crippen LogP contribution is -2.43. The van der Waals surface area contributed by atoms with Gasteiger partial charge in [-0.3, -0.25) is 9.69 Å². The van der Waals surface area contributed by atoms with Crippen molar-refractivity contribution in [2.24, 2.45) is 0 Å². The van der Waals surface area contributed by atoms with Crippen LogP contribution in [0, 0.1) is 5.82 Å². The molecule has 0 saturated carbocycles. The number of benzene rings is 4. The Morgan fingerprint density at radius 3 is 2.44 bits per heavy atom. The molecule has 0 radical (unpaired) electrons. The highest BCUT2D eigenvalue weighted by molar-refractivity contribution is 6.31. The second-order valence-electron chi connectivity index (χ2n) is 8.26. The summed E-state index contributed by atoms with van der Waals surface area (Å²) in [7, 11) is 0. The summed E-state index contributed by atoms with van der Waals surface area (Å²) in [4.78, 5) is 15.2. The highest BCUT2D eigenvalue weighted by Gasteiger charge is 2.34. The maximum Gasteiger partial charge on any atom is 0.262 e. The Kier molecular flexibility index (Phi) is 6.78. The van der Waals surface area contributed by atoms with Gasteiger partial charge in [0.25, 0.3) is 5.91 Å². The van der Waals surface area contributed by atoms with Crippen molar-refractivity contribution in [3.63, 3.8) is 0 Å². The third-order valence-corrected chi connectivity index (χ3v) is 6.32. The van der Waals surface area contributed by atoms with Gasteiger partial charge in [-0.05, 0) is 67.1 Å². The second-order valence-corrected chi connectivity index (χ2v) is 8.67. The van der Waals surface area contributed by atoms with E-state index in [0.717, 1.165) is 16.8 Å². The van der Waals surface area contributed by atoms with Crippen molar-refractivity contribution in [2.45, 2.75) is 19.7 Å². The highest BCUT2D eigenvalue weighted by Crippen LogP contribution is 2.39. The molecule has 7 heteroatoms. The summed E-state index contributed by atoms with van der Waals surface area (Å²) in [5.41, 5.74) is 3.50. The molecule has 0 aromatic heterocycles. The monoisotopic (exact) mass is 502 g/mol. The largest absolute Gasteiger partial charge is 0.490 e. The lowest BCUT2D eigenvalue weighted by Gasteiger charge is -2.38. The number of nitrogens with zero attached hydrogens (tertiary/aromatic N) is 1. The number of para-hydroxylation sites is 1. The van der Waals surface area contributed by atoms with Gasteiger partial charge in [-0.1, -0.05) is 48.0 Å². The number of anilines is 2. The first-order valence-electron chi connectivity index (χ1n) is 11.6. The molecule has 0 saturated heterocycles. The SMILES string of the molecule is CCOc1cc([C@H]2Nc3ccccc3C(=O)N2c2ccc(F)cc2)ccc1OCc1ccccc1Cl. The Balaban J connectivity index is 1.51. The van der Waals surface area contributed by atoms with Gasteiger partial charge >= 0.3 is 0 Å². The van der Waals surface area contributed by atoms with Crippen LogP contribution < -0.4 is 19.7 Å². The molecule has 1 atom stereocenters. The van der Waals surface area contributed by atoms with Gasteiger partial charge in [0.05, 0.1) is 12.2 Å². The summed E-state index contributed by atoms with van der Waals surface area (Å²) in [5, 5.41) is 4.09. The molecule has 0 spiro atoms. The zero-order valence-electron chi connectivity index (χ0n) is 19.6. The number of halogens is 2. The topological polar surface area (TPSA) is 50.8 Å². The van der Waals surface area contributed by atoms with E-state index in [2.05, 4.69) is 5.32 Å². The lowest BCUT2D eigenvalue weighted by atomic mass is 10.0. The molecule has 4 aromatic carbocycles. The minimum Gasteiger partial charge on any atom is -0.490 e. The molecule has 1 N–H and O–H groups in total. The number of fused-ring (bicyclic) bond motifs is 1. The molecule has 4 aromatic rings. The van der Waals surface area contributed by atoms with E-state index < -0.39 is 6.17 Å². The quantitative estimate of drug-likeness (QED) is 0.289. The first-order chi connectivity index (χ1) is 17.5. The number of ether oxygens (including phenoxy) is 2. The third kappa shape index (κ3) is 4.72. The Labute approximate surface area is 214 Å². The van der Waals surface area contributed by atoms with Crippen molar-refractivity contribution in [3.8, 4) is 11.5 Å². The van der Waals surface area contributed by atoms with Crippen molar-refractivity contribution in [2.75, 3.05) is 16.8 Å². The minimum atomic E-state index is -0.547. The smallest absolute Gasteiger partial charge is 0.262 e. The molecule has 0 fully saturated rings. The fourth-order valence-electron chi connectivity index (χ4n) is 4.21. The van der Waals surface area contributed by atoms with Crippen LogP contribution in [0.15, 0.2) is 91.0 Å². The van der Waals surface area contributed by atoms with E-state index in [1.165, 1.54) is 12.1 Å². The second kappa shape index (κ2) is 10.3. The molecule has 0 aliphatic carbocycles. The van der Waals surface area contributed by atoms with Crippen molar-refractivity contribution in [3.05, 3.63) is 119 Å². The van der Waals surface area contributed by atoms with E-state index >= 15 is 0 Å². The number of rotatable bonds is 7. The standard InChI is InChI=1S/C29H24ClFN2O3/c1-2-35-27-17-19(11-16-26(27)36-18-20-7-3-5-9-24(20)30)28-32-25-10-6-4-8-23(25)29(34)33(28)22-14-12-21(31)13-15-22/h3-17,28,32H,2,18H2,1H3/t28-/m0/s1. The van der Waals surface area contributed by atoms with E-state index in [-0.39, 0.29) is 18.3 Å². The minimum absolute atomic E-state index is 0.182. The fraction of sp³-hybridized carbons (Fsp3) is 0.138. The first kappa shape index (κ1) is 23.7. The average Bonchev–Trinajstić information content (AvgIpc) is 2.89. The van der Waals surface area contributed by atoms with Gasteiger partial charge in [0, 0.05) is 22.0 Å². The van der Waals surface area contributed by atoms with Crippen LogP contribution in [-0.2, 0) is 6.61 Å². The maximum absolute atomic E-state index is 13.7. The van der Waals surface area contributed by atoms with E-state index in [4.69, 9.17) is 21.1 Å². The Morgan fingerprint density at radius 2 is 1.67 bits per heavy atom. The predicted octanol–water partition coefficient (Wildman–Crippen LogP) is 7.23. The Hall–Kier alpha value is -4.03. The van der Waals surface area contributed by atoms with Crippen molar-refractivity contribution < 1.29 is 18.7 Å². The number of carbonyl (C=O) groups is 1. The van der Waals surface area contributed by atoms with Crippen LogP contribution >= 0.6 is 11.6 Å². The van der Waals surface area contributed by atoms with Crippen LogP contribution in [0.3, 0.4) is 0 Å². The third-order valence-electron chi connectivity index (χ3n) is 5.96. The fourth-order valence-corrected chi connectivity index (χ4v) is 4.40. The van der Waals surface area contributed by atoms with Crippen molar-refractivity contribution in [1.29, 1.82) is 0 Å². The molecule has 0 unspecified atom stereocenters. The number of nitrogens with one attached hydrogen (secondary N) is 1. The van der Waals surface area contributed by atoms with Crippen molar-refractivity contribution >= 4 is 28.9 Å². The van der Waals surface area contributed by atoms with E-state index in [1.54, 1.807) is 23.1 Å². The molecular weight excluding hydrogens is 479 g/mol. The number of hydrogen-bond acceptors (Lipinski definition) is 4. The summed E-state index contributed by atoms with van der Waals surface area (Å²) in [6.07, 6.45) is -0.547. The van der Waals surface area contributed by atoms with E-state index in [9.17, 15) is 9.18 Å². The molecule has 5 nitrogen and oxygen atoms in total. The number of amides is 1. The molecule has 5 rings (SSSR count). The molecule has 1 aliphatic heterocycles. The highest BCUT2D eigenvalue weighted by atomic mass is 35.5. The molecular formula is C29H24ClFN2O3. The molecule has 182 valence electrons. The summed E-state index contributed by atoms with van der Waals surface area (Å²) in [6, 6.07) is 26.3. The van der Waals surface area contributed by atoms with Crippen LogP contribution in [0.25, 0.3) is 0 Å². The van der Waals surface area contributed by atoms with Gasteiger partial charge in [0.1, 0.15) is 18.6 Å². The van der Waals surface area contributed by atoms with Gasteiger partial charge in [-0.25, -0.2) is 4.39 Å². The summed E-state index contributed by atoms with van der Waals surface area (Å²) < 4.78 is 25.6. The maximum atomic E-state index is 13.7. The zero-order chi connectivity index (χ0) is 25.1. The molecule has 1 amide bonds. The van der Waals surface area contributed by atoms with Gasteiger partial charge in [-0.2, -0.15) is 0 Å². The van der Waals surface area contributed by atoms with E-state index in [1.807, 2.05) is 67.6 Å². The van der Waals surface area contributed by atoms with E-state index in [0.29, 0.717) is 34.4 Å². The van der Waals surface area contributed by atoms with Crippen LogP contribution in [0.4, 0.5) is 15.8 Å². The average molecular weight is 503 g/mol. The predicted molar refractivity (Wildman–Crippen MR) is 139 cm³/mol. The molecule has 0 bridgehead atoms. The van der Waals surface area contributed by atoms with Crippen molar-refractivity contribution in [1.82, 2.24) is 0 Å². The van der Waals surface area contributed by atoms with Gasteiger partial charge in [0.2, 0.25) is 0 Å². The molecule has 1 aliphatic rings. The summed E-state index contributed by atoms with van der Waals surface area (Å²) >= 11 is 6.28. The van der Waals surface area contributed by atoms with Crippen LogP contribution in [0.1, 0.15) is 34.6 Å². The van der Waals surface area contributed by atoms with Crippen LogP contribution in [0.2, 0.25) is 5.02 Å². The Morgan fingerprint density at radius 1 is 0.917 bits per heavy atom. The summed E-state index contributed by atoms with van der Waals surface area (Å²) in [5.74, 6) is 0.565. The zero-order valence-corrected chi connectivity index (χ0v) is 20.3. The lowest BCUT2D eigenvalue weighted by molar-refractivity contribution is 0.0975.